The molecule has 0 aromatic rings. The van der Waals surface area contributed by atoms with Gasteiger partial charge in [0.15, 0.2) is 0 Å². The van der Waals surface area contributed by atoms with Crippen molar-refractivity contribution in [2.45, 2.75) is 71.6 Å². The van der Waals surface area contributed by atoms with Gasteiger partial charge in [-0.05, 0) is 122 Å². The molecule has 0 aromatic carbocycles. The summed E-state index contributed by atoms with van der Waals surface area (Å²) >= 11 is 0. The first-order valence-electron chi connectivity index (χ1n) is 12.7. The van der Waals surface area contributed by atoms with Gasteiger partial charge in [-0.2, -0.15) is 0 Å². The van der Waals surface area contributed by atoms with Crippen molar-refractivity contribution in [2.24, 2.45) is 76.9 Å². The summed E-state index contributed by atoms with van der Waals surface area (Å²) in [6.07, 6.45) is 13.4. The maximum absolute atomic E-state index is 11.9. The normalized spacial score (nSPS) is 59.2. The SMILES string of the molecule is C1CC2C3CCC(C3)C2C1.COC(=O)C1CC2CC1C1C3CC(C(C)C3C)C21. The van der Waals surface area contributed by atoms with Crippen LogP contribution in [0.5, 0.6) is 0 Å². The van der Waals surface area contributed by atoms with Crippen molar-refractivity contribution in [3.05, 3.63) is 0 Å². The lowest BCUT2D eigenvalue weighted by Crippen LogP contribution is -2.40. The minimum absolute atomic E-state index is 0.0735. The van der Waals surface area contributed by atoms with E-state index in [0.717, 1.165) is 47.8 Å². The Morgan fingerprint density at radius 1 is 0.679 bits per heavy atom. The van der Waals surface area contributed by atoms with Gasteiger partial charge in [0.05, 0.1) is 13.0 Å². The molecule has 0 N–H and O–H groups in total. The number of fused-ring (bicyclic) bond motifs is 14. The van der Waals surface area contributed by atoms with Crippen LogP contribution in [0.1, 0.15) is 71.6 Å². The first-order chi connectivity index (χ1) is 13.6. The Bertz CT molecular complexity index is 626. The van der Waals surface area contributed by atoms with Crippen LogP contribution in [0.3, 0.4) is 0 Å². The molecule has 0 radical (unpaired) electrons. The van der Waals surface area contributed by atoms with Gasteiger partial charge in [0.2, 0.25) is 0 Å². The Hall–Kier alpha value is -0.530. The number of methoxy groups -OCH3 is 1. The summed E-state index contributed by atoms with van der Waals surface area (Å²) in [6.45, 7) is 4.92. The van der Waals surface area contributed by atoms with E-state index in [9.17, 15) is 4.79 Å². The molecule has 0 spiro atoms. The lowest BCUT2D eigenvalue weighted by Gasteiger charge is -2.42. The fourth-order valence-corrected chi connectivity index (χ4v) is 10.7. The first kappa shape index (κ1) is 18.3. The number of ether oxygens (including phenoxy) is 1. The van der Waals surface area contributed by atoms with Crippen LogP contribution in [0.25, 0.3) is 0 Å². The Morgan fingerprint density at radius 2 is 1.32 bits per heavy atom. The Balaban J connectivity index is 0.000000130. The van der Waals surface area contributed by atoms with Gasteiger partial charge in [0.1, 0.15) is 0 Å². The van der Waals surface area contributed by atoms with Gasteiger partial charge in [0, 0.05) is 0 Å². The molecule has 13 atom stereocenters. The molecule has 7 aliphatic rings. The second-order valence-electron chi connectivity index (χ2n) is 12.1. The monoisotopic (exact) mass is 384 g/mol. The minimum Gasteiger partial charge on any atom is -0.469 e. The summed E-state index contributed by atoms with van der Waals surface area (Å²) in [5, 5.41) is 0. The fraction of sp³-hybridized carbons (Fsp3) is 0.962. The lowest BCUT2D eigenvalue weighted by atomic mass is 9.62. The quantitative estimate of drug-likeness (QED) is 0.422. The molecule has 7 saturated carbocycles. The van der Waals surface area contributed by atoms with E-state index >= 15 is 0 Å². The van der Waals surface area contributed by atoms with Gasteiger partial charge >= 0.3 is 5.97 Å². The van der Waals surface area contributed by atoms with Crippen molar-refractivity contribution >= 4 is 5.97 Å². The van der Waals surface area contributed by atoms with Gasteiger partial charge in [-0.15, -0.1) is 0 Å². The third-order valence-corrected chi connectivity index (χ3v) is 11.7. The van der Waals surface area contributed by atoms with Gasteiger partial charge in [-0.25, -0.2) is 0 Å². The third kappa shape index (κ3) is 2.36. The van der Waals surface area contributed by atoms with Crippen LogP contribution < -0.4 is 0 Å². The molecule has 7 rings (SSSR count). The first-order valence-corrected chi connectivity index (χ1v) is 12.7. The zero-order valence-corrected chi connectivity index (χ0v) is 18.2. The van der Waals surface area contributed by atoms with E-state index in [4.69, 9.17) is 4.74 Å². The van der Waals surface area contributed by atoms with Crippen molar-refractivity contribution in [1.82, 2.24) is 0 Å². The van der Waals surface area contributed by atoms with Crippen LogP contribution in [0.4, 0.5) is 0 Å². The van der Waals surface area contributed by atoms with Crippen LogP contribution in [-0.4, -0.2) is 13.1 Å². The standard InChI is InChI=1S/C16H24O2.C10H16/c1-7-8(2)11-6-10(7)14-9-4-12(15(11)14)13(5-9)16(17)18-3;1-2-9-7-4-5-8(6-7)10(9)3-1/h7-15H,4-6H2,1-3H3;7-10H,1-6H2. The average Bonchev–Trinajstić information content (AvgIpc) is 3.52. The predicted molar refractivity (Wildman–Crippen MR) is 110 cm³/mol. The van der Waals surface area contributed by atoms with Gasteiger partial charge in [0.25, 0.3) is 0 Å². The van der Waals surface area contributed by atoms with Crippen LogP contribution >= 0.6 is 0 Å². The van der Waals surface area contributed by atoms with E-state index in [1.54, 1.807) is 45.6 Å². The molecule has 156 valence electrons. The molecule has 0 saturated heterocycles. The lowest BCUT2D eigenvalue weighted by molar-refractivity contribution is -0.149. The summed E-state index contributed by atoms with van der Waals surface area (Å²) in [4.78, 5) is 11.9. The molecule has 2 nitrogen and oxygen atoms in total. The van der Waals surface area contributed by atoms with Crippen molar-refractivity contribution in [3.8, 4) is 0 Å². The zero-order valence-electron chi connectivity index (χ0n) is 18.2. The predicted octanol–water partition coefficient (Wildman–Crippen LogP) is 5.80. The van der Waals surface area contributed by atoms with Gasteiger partial charge in [-0.1, -0.05) is 20.3 Å². The van der Waals surface area contributed by atoms with Crippen molar-refractivity contribution < 1.29 is 9.53 Å². The number of hydrogen-bond donors (Lipinski definition) is 0. The number of rotatable bonds is 1. The number of carbonyl (C=O) groups is 1. The molecule has 0 aromatic heterocycles. The fourth-order valence-electron chi connectivity index (χ4n) is 10.7. The largest absolute Gasteiger partial charge is 0.469 e. The average molecular weight is 385 g/mol. The molecule has 2 heteroatoms. The highest BCUT2D eigenvalue weighted by Crippen LogP contribution is 2.71. The molecule has 6 bridgehead atoms. The second kappa shape index (κ2) is 6.48. The summed E-state index contributed by atoms with van der Waals surface area (Å²) in [6, 6.07) is 0. The highest BCUT2D eigenvalue weighted by molar-refractivity contribution is 5.73. The molecule has 13 unspecified atom stereocenters. The maximum Gasteiger partial charge on any atom is 0.308 e. The smallest absolute Gasteiger partial charge is 0.308 e. The second-order valence-corrected chi connectivity index (χ2v) is 12.1. The molecule has 0 amide bonds. The number of carbonyl (C=O) groups excluding carboxylic acids is 1. The Morgan fingerprint density at radius 3 is 1.96 bits per heavy atom. The Labute approximate surface area is 171 Å². The van der Waals surface area contributed by atoms with Crippen molar-refractivity contribution in [1.29, 1.82) is 0 Å². The molecule has 28 heavy (non-hydrogen) atoms. The number of esters is 1. The van der Waals surface area contributed by atoms with E-state index in [2.05, 4.69) is 13.8 Å². The molecular formula is C26H40O2. The van der Waals surface area contributed by atoms with Gasteiger partial charge < -0.3 is 4.74 Å². The van der Waals surface area contributed by atoms with Crippen molar-refractivity contribution in [2.75, 3.05) is 7.11 Å². The third-order valence-electron chi connectivity index (χ3n) is 11.7. The van der Waals surface area contributed by atoms with Crippen LogP contribution in [0.2, 0.25) is 0 Å². The Kier molecular flexibility index (Phi) is 4.23. The van der Waals surface area contributed by atoms with Crippen molar-refractivity contribution in [3.63, 3.8) is 0 Å². The van der Waals surface area contributed by atoms with Crippen LogP contribution in [0.15, 0.2) is 0 Å². The summed E-state index contributed by atoms with van der Waals surface area (Å²) in [7, 11) is 1.55. The minimum atomic E-state index is 0.0735. The highest BCUT2D eigenvalue weighted by Gasteiger charge is 2.66. The van der Waals surface area contributed by atoms with Crippen LogP contribution in [0, 0.1) is 76.9 Å². The molecule has 0 aliphatic heterocycles. The number of hydrogen-bond acceptors (Lipinski definition) is 2. The van der Waals surface area contributed by atoms with E-state index < -0.39 is 0 Å². The topological polar surface area (TPSA) is 26.3 Å². The summed E-state index contributed by atoms with van der Waals surface area (Å²) in [5.41, 5.74) is 0. The van der Waals surface area contributed by atoms with E-state index in [-0.39, 0.29) is 11.9 Å². The van der Waals surface area contributed by atoms with E-state index in [1.807, 2.05) is 0 Å². The maximum atomic E-state index is 11.9. The van der Waals surface area contributed by atoms with E-state index in [0.29, 0.717) is 5.92 Å². The summed E-state index contributed by atoms with van der Waals surface area (Å²) in [5.74, 6) is 12.1. The molecule has 7 fully saturated rings. The molecular weight excluding hydrogens is 344 g/mol. The van der Waals surface area contributed by atoms with Crippen LogP contribution in [-0.2, 0) is 9.53 Å². The van der Waals surface area contributed by atoms with E-state index in [1.165, 1.54) is 36.5 Å². The zero-order chi connectivity index (χ0) is 19.2. The molecule has 7 aliphatic carbocycles. The molecule has 0 heterocycles. The van der Waals surface area contributed by atoms with Gasteiger partial charge in [-0.3, -0.25) is 4.79 Å². The summed E-state index contributed by atoms with van der Waals surface area (Å²) < 4.78 is 5.02. The highest BCUT2D eigenvalue weighted by atomic mass is 16.5.